The van der Waals surface area contributed by atoms with Gasteiger partial charge in [0, 0.05) is 41.8 Å². The normalized spacial score (nSPS) is 16.7. The molecule has 1 saturated heterocycles. The van der Waals surface area contributed by atoms with Crippen LogP contribution in [0, 0.1) is 6.92 Å². The van der Waals surface area contributed by atoms with Gasteiger partial charge in [0.1, 0.15) is 18.2 Å². The van der Waals surface area contributed by atoms with Gasteiger partial charge < -0.3 is 25.3 Å². The molecule has 1 fully saturated rings. The van der Waals surface area contributed by atoms with Gasteiger partial charge in [-0.25, -0.2) is 9.98 Å². The van der Waals surface area contributed by atoms with E-state index in [2.05, 4.69) is 24.8 Å². The summed E-state index contributed by atoms with van der Waals surface area (Å²) in [5.74, 6) is 0.944. The molecule has 0 spiro atoms. The van der Waals surface area contributed by atoms with Crippen LogP contribution in [0.2, 0.25) is 0 Å². The van der Waals surface area contributed by atoms with Gasteiger partial charge in [-0.15, -0.1) is 0 Å². The van der Waals surface area contributed by atoms with Crippen molar-refractivity contribution in [2.24, 2.45) is 4.99 Å². The number of nitrogens with one attached hydrogen (secondary N) is 1. The molecule has 5 rings (SSSR count). The number of rotatable bonds is 4. The number of halogens is 3. The number of nitrogen functional groups attached to an aromatic ring is 1. The minimum Gasteiger partial charge on any atom is -0.467 e. The quantitative estimate of drug-likeness (QED) is 0.523. The third kappa shape index (κ3) is 5.06. The molecule has 2 aromatic heterocycles. The van der Waals surface area contributed by atoms with E-state index in [-0.39, 0.29) is 18.6 Å². The Balaban J connectivity index is 1.39. The van der Waals surface area contributed by atoms with Crippen molar-refractivity contribution >= 4 is 23.1 Å². The Morgan fingerprint density at radius 1 is 1.11 bits per heavy atom. The molecule has 0 radical (unpaired) electrons. The van der Waals surface area contributed by atoms with Crippen LogP contribution in [0.5, 0.6) is 0 Å². The first-order valence-electron chi connectivity index (χ1n) is 11.6. The van der Waals surface area contributed by atoms with Gasteiger partial charge in [0.25, 0.3) is 0 Å². The van der Waals surface area contributed by atoms with E-state index in [1.54, 1.807) is 6.07 Å². The van der Waals surface area contributed by atoms with Crippen LogP contribution in [0.4, 0.5) is 30.4 Å². The van der Waals surface area contributed by atoms with E-state index in [1.807, 2.05) is 49.4 Å². The van der Waals surface area contributed by atoms with Crippen molar-refractivity contribution in [3.8, 4) is 11.3 Å². The Labute approximate surface area is 201 Å². The monoisotopic (exact) mass is 484 g/mol. The molecule has 3 aromatic rings. The van der Waals surface area contributed by atoms with E-state index >= 15 is 0 Å². The number of aromatic amines is 1. The number of nitrogens with two attached hydrogens (primary N) is 1. The lowest BCUT2D eigenvalue weighted by molar-refractivity contribution is -0.156. The largest absolute Gasteiger partial charge is 0.467 e. The summed E-state index contributed by atoms with van der Waals surface area (Å²) in [7, 11) is 0. The highest BCUT2D eigenvalue weighted by Crippen LogP contribution is 2.36. The van der Waals surface area contributed by atoms with Crippen LogP contribution < -0.4 is 15.5 Å². The lowest BCUT2D eigenvalue weighted by atomic mass is 10.0. The number of alkyl halides is 3. The van der Waals surface area contributed by atoms with E-state index in [9.17, 15) is 13.2 Å². The van der Waals surface area contributed by atoms with Crippen molar-refractivity contribution in [1.82, 2.24) is 9.97 Å². The maximum absolute atomic E-state index is 12.8. The number of piperidine rings is 1. The van der Waals surface area contributed by atoms with E-state index in [1.165, 1.54) is 0 Å². The summed E-state index contributed by atoms with van der Waals surface area (Å²) in [6.07, 6.45) is -2.69. The summed E-state index contributed by atoms with van der Waals surface area (Å²) in [6.45, 7) is 2.49. The lowest BCUT2D eigenvalue weighted by Crippen LogP contribution is -2.47. The average Bonchev–Trinajstić information content (AvgIpc) is 3.28. The number of H-pyrrole nitrogens is 1. The Morgan fingerprint density at radius 2 is 1.89 bits per heavy atom. The summed E-state index contributed by atoms with van der Waals surface area (Å²) in [5.41, 5.74) is 10.4. The molecule has 1 aromatic carbocycles. The number of nitrogens with zero attached hydrogens (tertiary/aromatic N) is 4. The molecular weight excluding hydrogens is 457 g/mol. The zero-order chi connectivity index (χ0) is 24.6. The van der Waals surface area contributed by atoms with Gasteiger partial charge in [-0.1, -0.05) is 18.2 Å². The van der Waals surface area contributed by atoms with Crippen LogP contribution >= 0.6 is 0 Å². The third-order valence-electron chi connectivity index (χ3n) is 6.36. The number of fused-ring (bicyclic) bond motifs is 1. The van der Waals surface area contributed by atoms with Crippen molar-refractivity contribution < 1.29 is 17.9 Å². The summed E-state index contributed by atoms with van der Waals surface area (Å²) in [5, 5.41) is 0. The van der Waals surface area contributed by atoms with Gasteiger partial charge in [0.15, 0.2) is 6.61 Å². The molecule has 0 amide bonds. The standard InChI is InChI=1S/C25H27F3N6O/c1-16-4-2-7-22(31-16)33-10-8-19(9-11-33)34-15-30-24(35-14-25(26,27)28)23-21(34)13-20(32-23)17-5-3-6-18(29)12-17/h2-7,12-13,19,32H,8-11,14-15,29H2,1H3. The highest BCUT2D eigenvalue weighted by atomic mass is 19.4. The predicted octanol–water partition coefficient (Wildman–Crippen LogP) is 4.74. The van der Waals surface area contributed by atoms with Gasteiger partial charge >= 0.3 is 6.18 Å². The summed E-state index contributed by atoms with van der Waals surface area (Å²) in [6, 6.07) is 15.5. The van der Waals surface area contributed by atoms with Gasteiger partial charge in [0.05, 0.1) is 5.69 Å². The Kier molecular flexibility index (Phi) is 6.04. The molecular formula is C25H27F3N6O. The first kappa shape index (κ1) is 23.1. The second-order valence-corrected chi connectivity index (χ2v) is 8.90. The topological polar surface area (TPSA) is 82.8 Å². The fraction of sp³-hybridized carbons (Fsp3) is 0.360. The molecule has 0 saturated carbocycles. The molecule has 35 heavy (non-hydrogen) atoms. The molecule has 2 aliphatic rings. The molecule has 3 N–H and O–H groups in total. The zero-order valence-corrected chi connectivity index (χ0v) is 19.3. The highest BCUT2D eigenvalue weighted by Gasteiger charge is 2.34. The molecule has 184 valence electrons. The van der Waals surface area contributed by atoms with Crippen LogP contribution in [-0.2, 0) is 4.74 Å². The lowest BCUT2D eigenvalue weighted by Gasteiger charge is -2.40. The zero-order valence-electron chi connectivity index (χ0n) is 19.3. The van der Waals surface area contributed by atoms with E-state index in [4.69, 9.17) is 10.5 Å². The van der Waals surface area contributed by atoms with Crippen molar-refractivity contribution in [3.63, 3.8) is 0 Å². The van der Waals surface area contributed by atoms with Crippen LogP contribution in [0.1, 0.15) is 24.2 Å². The van der Waals surface area contributed by atoms with Gasteiger partial charge in [-0.2, -0.15) is 13.2 Å². The van der Waals surface area contributed by atoms with Crippen LogP contribution in [0.25, 0.3) is 11.3 Å². The van der Waals surface area contributed by atoms with Gasteiger partial charge in [-0.05, 0) is 50.1 Å². The smallest absolute Gasteiger partial charge is 0.422 e. The van der Waals surface area contributed by atoms with Crippen molar-refractivity contribution in [3.05, 3.63) is 59.9 Å². The maximum Gasteiger partial charge on any atom is 0.422 e. The SMILES string of the molecule is Cc1cccc(N2CCC(N3CN=C(OCC(F)(F)F)c4[nH]c(-c5cccc(N)c5)cc43)CC2)n1. The van der Waals surface area contributed by atoms with Crippen molar-refractivity contribution in [2.75, 3.05) is 41.9 Å². The van der Waals surface area contributed by atoms with E-state index in [0.717, 1.165) is 54.4 Å². The molecule has 7 nitrogen and oxygen atoms in total. The number of anilines is 3. The Morgan fingerprint density at radius 3 is 2.60 bits per heavy atom. The summed E-state index contributed by atoms with van der Waals surface area (Å²) < 4.78 is 43.6. The highest BCUT2D eigenvalue weighted by molar-refractivity contribution is 6.01. The fourth-order valence-electron chi connectivity index (χ4n) is 4.68. The molecule has 4 heterocycles. The molecule has 0 aliphatic carbocycles. The molecule has 0 bridgehead atoms. The van der Waals surface area contributed by atoms with Crippen molar-refractivity contribution in [1.29, 1.82) is 0 Å². The maximum atomic E-state index is 12.8. The van der Waals surface area contributed by atoms with Crippen LogP contribution in [-0.4, -0.2) is 54.4 Å². The fourth-order valence-corrected chi connectivity index (χ4v) is 4.68. The van der Waals surface area contributed by atoms with Crippen LogP contribution in [0.15, 0.2) is 53.5 Å². The predicted molar refractivity (Wildman–Crippen MR) is 131 cm³/mol. The first-order valence-corrected chi connectivity index (χ1v) is 11.6. The second kappa shape index (κ2) is 9.16. The number of hydrogen-bond acceptors (Lipinski definition) is 6. The molecule has 2 aliphatic heterocycles. The molecule has 0 unspecified atom stereocenters. The average molecular weight is 485 g/mol. The van der Waals surface area contributed by atoms with Gasteiger partial charge in [0.2, 0.25) is 5.90 Å². The molecule has 0 atom stereocenters. The van der Waals surface area contributed by atoms with Gasteiger partial charge in [-0.3, -0.25) is 0 Å². The summed E-state index contributed by atoms with van der Waals surface area (Å²) in [4.78, 5) is 16.7. The number of hydrogen-bond donors (Lipinski definition) is 2. The number of benzene rings is 1. The summed E-state index contributed by atoms with van der Waals surface area (Å²) >= 11 is 0. The van der Waals surface area contributed by atoms with E-state index in [0.29, 0.717) is 11.4 Å². The van der Waals surface area contributed by atoms with Crippen molar-refractivity contribution in [2.45, 2.75) is 32.0 Å². The second-order valence-electron chi connectivity index (χ2n) is 8.90. The van der Waals surface area contributed by atoms with E-state index < -0.39 is 12.8 Å². The number of pyridine rings is 1. The first-order chi connectivity index (χ1) is 16.8. The third-order valence-corrected chi connectivity index (χ3v) is 6.36. The number of ether oxygens (including phenoxy) is 1. The minimum absolute atomic E-state index is 0.0230. The number of aryl methyl sites for hydroxylation is 1. The number of aromatic nitrogens is 2. The van der Waals surface area contributed by atoms with Crippen LogP contribution in [0.3, 0.4) is 0 Å². The Bertz CT molecular complexity index is 1230. The minimum atomic E-state index is -4.44. The molecule has 10 heteroatoms. The Hall–Kier alpha value is -3.69. The number of aliphatic imine (C=N–C) groups is 1.